The fraction of sp³-hybridized carbons (Fsp3) is 0.375. The first-order valence-corrected chi connectivity index (χ1v) is 7.69. The highest BCUT2D eigenvalue weighted by Gasteiger charge is 2.47. The van der Waals surface area contributed by atoms with Crippen LogP contribution in [-0.2, 0) is 12.6 Å². The molecule has 25 heavy (non-hydrogen) atoms. The molecule has 0 amide bonds. The standard InChI is InChI=1S/C16H13F3N4O2/c1-8-20-13(22-24-8)7-14-21-15(25-23-14)11-6-10(11)9-4-2-3-5-12(9)16(17,18)19/h2-5,10-11H,6-7H2,1H3. The molecule has 0 N–H and O–H groups in total. The average molecular weight is 350 g/mol. The number of alkyl halides is 3. The van der Waals surface area contributed by atoms with Gasteiger partial charge in [-0.25, -0.2) is 0 Å². The Labute approximate surface area is 140 Å². The predicted octanol–water partition coefficient (Wildman–Crippen LogP) is 3.64. The SMILES string of the molecule is Cc1nc(Cc2noc(C3CC3c3ccccc3C(F)(F)F)n2)no1. The highest BCUT2D eigenvalue weighted by atomic mass is 19.4. The van der Waals surface area contributed by atoms with Crippen molar-refractivity contribution in [2.24, 2.45) is 0 Å². The van der Waals surface area contributed by atoms with E-state index in [0.29, 0.717) is 29.9 Å². The Bertz CT molecular complexity index is 903. The average Bonchev–Trinajstić information content (AvgIpc) is 3.05. The van der Waals surface area contributed by atoms with E-state index >= 15 is 0 Å². The lowest BCUT2D eigenvalue weighted by molar-refractivity contribution is -0.138. The van der Waals surface area contributed by atoms with Gasteiger partial charge in [-0.1, -0.05) is 28.5 Å². The summed E-state index contributed by atoms with van der Waals surface area (Å²) in [5.41, 5.74) is -0.335. The molecule has 2 atom stereocenters. The maximum absolute atomic E-state index is 13.1. The number of aromatic nitrogens is 4. The molecular weight excluding hydrogens is 337 g/mol. The summed E-state index contributed by atoms with van der Waals surface area (Å²) in [6, 6.07) is 5.61. The lowest BCUT2D eigenvalue weighted by Gasteiger charge is -2.11. The van der Waals surface area contributed by atoms with Gasteiger partial charge in [-0.3, -0.25) is 0 Å². The van der Waals surface area contributed by atoms with Crippen LogP contribution in [0.4, 0.5) is 13.2 Å². The summed E-state index contributed by atoms with van der Waals surface area (Å²) in [6.07, 6.45) is -3.58. The Hall–Kier alpha value is -2.71. The highest BCUT2D eigenvalue weighted by molar-refractivity contribution is 5.39. The van der Waals surface area contributed by atoms with Gasteiger partial charge in [-0.05, 0) is 24.0 Å². The number of hydrogen-bond donors (Lipinski definition) is 0. The molecule has 4 rings (SSSR count). The zero-order valence-corrected chi connectivity index (χ0v) is 13.1. The summed E-state index contributed by atoms with van der Waals surface area (Å²) >= 11 is 0. The normalized spacial score (nSPS) is 20.0. The van der Waals surface area contributed by atoms with Gasteiger partial charge in [0.15, 0.2) is 11.6 Å². The summed E-state index contributed by atoms with van der Waals surface area (Å²) in [5, 5.41) is 7.60. The Morgan fingerprint density at radius 1 is 1.04 bits per heavy atom. The smallest absolute Gasteiger partial charge is 0.340 e. The summed E-state index contributed by atoms with van der Waals surface area (Å²) in [7, 11) is 0. The zero-order valence-electron chi connectivity index (χ0n) is 13.1. The van der Waals surface area contributed by atoms with Gasteiger partial charge in [-0.2, -0.15) is 23.1 Å². The molecule has 0 saturated heterocycles. The van der Waals surface area contributed by atoms with Crippen LogP contribution < -0.4 is 0 Å². The van der Waals surface area contributed by atoms with Crippen molar-refractivity contribution in [3.8, 4) is 0 Å². The van der Waals surface area contributed by atoms with Gasteiger partial charge >= 0.3 is 6.18 Å². The van der Waals surface area contributed by atoms with Gasteiger partial charge in [0.25, 0.3) is 0 Å². The minimum absolute atomic E-state index is 0.197. The molecule has 1 aliphatic carbocycles. The zero-order chi connectivity index (χ0) is 17.6. The molecule has 6 nitrogen and oxygen atoms in total. The summed E-state index contributed by atoms with van der Waals surface area (Å²) < 4.78 is 49.5. The van der Waals surface area contributed by atoms with Gasteiger partial charge < -0.3 is 9.05 Å². The van der Waals surface area contributed by atoms with Crippen molar-refractivity contribution in [3.63, 3.8) is 0 Å². The molecule has 1 saturated carbocycles. The summed E-state index contributed by atoms with van der Waals surface area (Å²) in [4.78, 5) is 8.32. The van der Waals surface area contributed by atoms with Crippen LogP contribution in [0.2, 0.25) is 0 Å². The van der Waals surface area contributed by atoms with Crippen LogP contribution in [0.15, 0.2) is 33.3 Å². The van der Waals surface area contributed by atoms with Crippen LogP contribution in [0.5, 0.6) is 0 Å². The van der Waals surface area contributed by atoms with E-state index in [4.69, 9.17) is 9.05 Å². The predicted molar refractivity (Wildman–Crippen MR) is 77.7 cm³/mol. The van der Waals surface area contributed by atoms with E-state index in [2.05, 4.69) is 20.3 Å². The fourth-order valence-corrected chi connectivity index (χ4v) is 2.93. The van der Waals surface area contributed by atoms with Crippen molar-refractivity contribution >= 4 is 0 Å². The van der Waals surface area contributed by atoms with Gasteiger partial charge in [-0.15, -0.1) is 0 Å². The summed E-state index contributed by atoms with van der Waals surface area (Å²) in [5.74, 6) is 1.13. The molecule has 2 heterocycles. The number of aryl methyl sites for hydroxylation is 1. The van der Waals surface area contributed by atoms with E-state index in [0.717, 1.165) is 6.07 Å². The van der Waals surface area contributed by atoms with Crippen molar-refractivity contribution in [2.75, 3.05) is 0 Å². The van der Waals surface area contributed by atoms with Crippen LogP contribution >= 0.6 is 0 Å². The van der Waals surface area contributed by atoms with Crippen LogP contribution in [0.25, 0.3) is 0 Å². The molecule has 1 fully saturated rings. The number of hydrogen-bond acceptors (Lipinski definition) is 6. The Morgan fingerprint density at radius 3 is 2.48 bits per heavy atom. The molecule has 130 valence electrons. The minimum atomic E-state index is -4.37. The van der Waals surface area contributed by atoms with Crippen LogP contribution in [-0.4, -0.2) is 20.3 Å². The van der Waals surface area contributed by atoms with E-state index in [9.17, 15) is 13.2 Å². The van der Waals surface area contributed by atoms with Gasteiger partial charge in [0.2, 0.25) is 11.8 Å². The van der Waals surface area contributed by atoms with Crippen molar-refractivity contribution in [1.29, 1.82) is 0 Å². The van der Waals surface area contributed by atoms with Crippen molar-refractivity contribution in [2.45, 2.75) is 37.8 Å². The first kappa shape index (κ1) is 15.8. The number of halogens is 3. The second kappa shape index (κ2) is 5.68. The maximum atomic E-state index is 13.1. The second-order valence-corrected chi connectivity index (χ2v) is 5.99. The molecule has 0 aliphatic heterocycles. The van der Waals surface area contributed by atoms with Crippen LogP contribution in [0.1, 0.15) is 52.8 Å². The van der Waals surface area contributed by atoms with Crippen LogP contribution in [0.3, 0.4) is 0 Å². The third-order valence-electron chi connectivity index (χ3n) is 4.14. The fourth-order valence-electron chi connectivity index (χ4n) is 2.93. The number of nitrogens with zero attached hydrogens (tertiary/aromatic N) is 4. The minimum Gasteiger partial charge on any atom is -0.340 e. The second-order valence-electron chi connectivity index (χ2n) is 5.99. The third-order valence-corrected chi connectivity index (χ3v) is 4.14. The number of rotatable bonds is 4. The first-order valence-electron chi connectivity index (χ1n) is 7.69. The summed E-state index contributed by atoms with van der Waals surface area (Å²) in [6.45, 7) is 1.67. The van der Waals surface area contributed by atoms with E-state index in [1.165, 1.54) is 12.1 Å². The van der Waals surface area contributed by atoms with E-state index in [1.807, 2.05) is 0 Å². The largest absolute Gasteiger partial charge is 0.416 e. The van der Waals surface area contributed by atoms with Gasteiger partial charge in [0, 0.05) is 12.8 Å². The monoisotopic (exact) mass is 350 g/mol. The van der Waals surface area contributed by atoms with E-state index in [-0.39, 0.29) is 23.8 Å². The molecule has 0 bridgehead atoms. The molecular formula is C16H13F3N4O2. The molecule has 0 spiro atoms. The maximum Gasteiger partial charge on any atom is 0.416 e. The first-order chi connectivity index (χ1) is 11.9. The van der Waals surface area contributed by atoms with Crippen molar-refractivity contribution in [3.05, 3.63) is 58.8 Å². The van der Waals surface area contributed by atoms with E-state index in [1.54, 1.807) is 13.0 Å². The Kier molecular flexibility index (Phi) is 3.59. The number of benzene rings is 1. The third kappa shape index (κ3) is 3.13. The molecule has 0 radical (unpaired) electrons. The molecule has 2 aromatic heterocycles. The molecule has 1 aromatic carbocycles. The van der Waals surface area contributed by atoms with Crippen LogP contribution in [0, 0.1) is 6.92 Å². The Balaban J connectivity index is 1.51. The van der Waals surface area contributed by atoms with Crippen molar-refractivity contribution in [1.82, 2.24) is 20.3 Å². The molecule has 1 aliphatic rings. The highest BCUT2D eigenvalue weighted by Crippen LogP contribution is 2.56. The molecule has 9 heteroatoms. The van der Waals surface area contributed by atoms with E-state index < -0.39 is 11.7 Å². The van der Waals surface area contributed by atoms with Gasteiger partial charge in [0.1, 0.15) is 0 Å². The quantitative estimate of drug-likeness (QED) is 0.715. The lowest BCUT2D eigenvalue weighted by atomic mass is 10.0. The van der Waals surface area contributed by atoms with Crippen molar-refractivity contribution < 1.29 is 22.2 Å². The molecule has 2 unspecified atom stereocenters. The lowest BCUT2D eigenvalue weighted by Crippen LogP contribution is -2.08. The topological polar surface area (TPSA) is 77.8 Å². The molecule has 3 aromatic rings. The van der Waals surface area contributed by atoms with Gasteiger partial charge in [0.05, 0.1) is 12.0 Å². The Morgan fingerprint density at radius 2 is 1.76 bits per heavy atom.